The lowest BCUT2D eigenvalue weighted by Crippen LogP contribution is -2.24. The number of amides is 1. The predicted octanol–water partition coefficient (Wildman–Crippen LogP) is 3.10. The van der Waals surface area contributed by atoms with Gasteiger partial charge in [0.1, 0.15) is 0 Å². The van der Waals surface area contributed by atoms with Crippen molar-refractivity contribution in [2.45, 2.75) is 11.4 Å². The van der Waals surface area contributed by atoms with Crippen LogP contribution in [0.3, 0.4) is 0 Å². The second kappa shape index (κ2) is 6.87. The Morgan fingerprint density at radius 1 is 1.09 bits per heavy atom. The first-order valence-corrected chi connectivity index (χ1v) is 7.83. The lowest BCUT2D eigenvalue weighted by molar-refractivity contribution is -0.118. The van der Waals surface area contributed by atoms with Crippen LogP contribution in [0.4, 0.5) is 8.78 Å². The fraction of sp³-hybridized carbons (Fsp3) is 0.188. The first-order chi connectivity index (χ1) is 11.1. The summed E-state index contributed by atoms with van der Waals surface area (Å²) in [7, 11) is 0. The first kappa shape index (κ1) is 15.6. The molecule has 0 unspecified atom stereocenters. The van der Waals surface area contributed by atoms with Crippen molar-refractivity contribution in [3.8, 4) is 11.5 Å². The number of benzene rings is 2. The number of carbonyl (C=O) groups is 1. The maximum Gasteiger partial charge on any atom is 0.231 e. The Labute approximate surface area is 135 Å². The zero-order chi connectivity index (χ0) is 16.2. The van der Waals surface area contributed by atoms with E-state index in [0.717, 1.165) is 29.5 Å². The highest BCUT2D eigenvalue weighted by atomic mass is 32.2. The van der Waals surface area contributed by atoms with Crippen LogP contribution in [0.1, 0.15) is 5.56 Å². The van der Waals surface area contributed by atoms with E-state index >= 15 is 0 Å². The molecule has 0 bridgehead atoms. The van der Waals surface area contributed by atoms with Gasteiger partial charge in [-0.3, -0.25) is 4.79 Å². The third-order valence-corrected chi connectivity index (χ3v) is 4.18. The molecule has 0 saturated carbocycles. The van der Waals surface area contributed by atoms with E-state index in [1.807, 2.05) is 12.1 Å². The molecule has 120 valence electrons. The summed E-state index contributed by atoms with van der Waals surface area (Å²) in [4.78, 5) is 12.3. The van der Waals surface area contributed by atoms with Gasteiger partial charge in [0, 0.05) is 11.4 Å². The van der Waals surface area contributed by atoms with Gasteiger partial charge in [0.2, 0.25) is 12.7 Å². The van der Waals surface area contributed by atoms with Crippen molar-refractivity contribution >= 4 is 17.7 Å². The largest absolute Gasteiger partial charge is 0.454 e. The number of thioether (sulfide) groups is 1. The van der Waals surface area contributed by atoms with Crippen molar-refractivity contribution < 1.29 is 23.0 Å². The maximum absolute atomic E-state index is 13.1. The number of ether oxygens (including phenoxy) is 2. The molecule has 2 aromatic rings. The van der Waals surface area contributed by atoms with Crippen molar-refractivity contribution in [1.29, 1.82) is 0 Å². The van der Waals surface area contributed by atoms with Crippen LogP contribution in [0, 0.1) is 11.6 Å². The average molecular weight is 337 g/mol. The Morgan fingerprint density at radius 3 is 2.74 bits per heavy atom. The van der Waals surface area contributed by atoms with Crippen LogP contribution in [-0.4, -0.2) is 18.5 Å². The fourth-order valence-electron chi connectivity index (χ4n) is 2.02. The SMILES string of the molecule is O=C(CSc1ccc(F)c(F)c1)NCc1ccc2c(c1)OCO2. The summed E-state index contributed by atoms with van der Waals surface area (Å²) in [5.41, 5.74) is 0.889. The van der Waals surface area contributed by atoms with Crippen molar-refractivity contribution in [2.75, 3.05) is 12.5 Å². The summed E-state index contributed by atoms with van der Waals surface area (Å²) < 4.78 is 36.4. The highest BCUT2D eigenvalue weighted by molar-refractivity contribution is 8.00. The molecule has 7 heteroatoms. The summed E-state index contributed by atoms with van der Waals surface area (Å²) in [6.45, 7) is 0.559. The van der Waals surface area contributed by atoms with Gasteiger partial charge in [-0.2, -0.15) is 0 Å². The quantitative estimate of drug-likeness (QED) is 0.852. The molecule has 0 radical (unpaired) electrons. The van der Waals surface area contributed by atoms with Crippen LogP contribution >= 0.6 is 11.8 Å². The van der Waals surface area contributed by atoms with Crippen LogP contribution in [0.2, 0.25) is 0 Å². The van der Waals surface area contributed by atoms with Crippen molar-refractivity contribution in [1.82, 2.24) is 5.32 Å². The number of hydrogen-bond donors (Lipinski definition) is 1. The Bertz CT molecular complexity index is 739. The zero-order valence-corrected chi connectivity index (χ0v) is 12.8. The average Bonchev–Trinajstić information content (AvgIpc) is 3.01. The summed E-state index contributed by atoms with van der Waals surface area (Å²) in [6, 6.07) is 9.00. The number of rotatable bonds is 5. The standard InChI is InChI=1S/C16H13F2NO3S/c17-12-3-2-11(6-13(12)18)23-8-16(20)19-7-10-1-4-14-15(5-10)22-9-21-14/h1-6H,7-9H2,(H,19,20). The Morgan fingerprint density at radius 2 is 1.91 bits per heavy atom. The maximum atomic E-state index is 13.1. The van der Waals surface area contributed by atoms with Crippen LogP contribution in [0.15, 0.2) is 41.3 Å². The van der Waals surface area contributed by atoms with E-state index in [0.29, 0.717) is 22.9 Å². The molecule has 4 nitrogen and oxygen atoms in total. The molecular weight excluding hydrogens is 324 g/mol. The smallest absolute Gasteiger partial charge is 0.231 e. The van der Waals surface area contributed by atoms with Gasteiger partial charge in [-0.1, -0.05) is 6.07 Å². The molecule has 2 aromatic carbocycles. The highest BCUT2D eigenvalue weighted by Crippen LogP contribution is 2.32. The third kappa shape index (κ3) is 3.92. The molecule has 1 amide bonds. The van der Waals surface area contributed by atoms with Crippen molar-refractivity contribution in [2.24, 2.45) is 0 Å². The van der Waals surface area contributed by atoms with Gasteiger partial charge in [0.15, 0.2) is 23.1 Å². The van der Waals surface area contributed by atoms with Crippen LogP contribution in [0.25, 0.3) is 0 Å². The molecule has 1 aliphatic rings. The van der Waals surface area contributed by atoms with E-state index in [-0.39, 0.29) is 18.5 Å². The normalized spacial score (nSPS) is 12.3. The van der Waals surface area contributed by atoms with E-state index in [1.165, 1.54) is 6.07 Å². The summed E-state index contributed by atoms with van der Waals surface area (Å²) in [6.07, 6.45) is 0. The van der Waals surface area contributed by atoms with Crippen molar-refractivity contribution in [3.63, 3.8) is 0 Å². The third-order valence-electron chi connectivity index (χ3n) is 3.19. The molecule has 23 heavy (non-hydrogen) atoms. The lowest BCUT2D eigenvalue weighted by atomic mass is 10.2. The minimum Gasteiger partial charge on any atom is -0.454 e. The molecule has 0 saturated heterocycles. The molecule has 0 fully saturated rings. The van der Waals surface area contributed by atoms with Crippen LogP contribution in [-0.2, 0) is 11.3 Å². The zero-order valence-electron chi connectivity index (χ0n) is 12.0. The fourth-order valence-corrected chi connectivity index (χ4v) is 2.77. The van der Waals surface area contributed by atoms with E-state index in [1.54, 1.807) is 6.07 Å². The number of fused-ring (bicyclic) bond motifs is 1. The van der Waals surface area contributed by atoms with Crippen molar-refractivity contribution in [3.05, 3.63) is 53.6 Å². The van der Waals surface area contributed by atoms with E-state index < -0.39 is 11.6 Å². The number of halogens is 2. The second-order valence-corrected chi connectivity index (χ2v) is 5.88. The molecule has 0 atom stereocenters. The minimum atomic E-state index is -0.921. The molecule has 0 aromatic heterocycles. The minimum absolute atomic E-state index is 0.121. The lowest BCUT2D eigenvalue weighted by Gasteiger charge is -2.06. The van der Waals surface area contributed by atoms with Gasteiger partial charge < -0.3 is 14.8 Å². The van der Waals surface area contributed by atoms with E-state index in [9.17, 15) is 13.6 Å². The van der Waals surface area contributed by atoms with E-state index in [2.05, 4.69) is 5.32 Å². The number of nitrogens with one attached hydrogen (secondary N) is 1. The summed E-state index contributed by atoms with van der Waals surface area (Å²) in [5.74, 6) is -0.549. The van der Waals surface area contributed by atoms with Gasteiger partial charge in [-0.05, 0) is 35.9 Å². The molecule has 0 spiro atoms. The molecule has 0 aliphatic carbocycles. The number of carbonyl (C=O) groups excluding carboxylic acids is 1. The van der Waals surface area contributed by atoms with Crippen LogP contribution in [0.5, 0.6) is 11.5 Å². The van der Waals surface area contributed by atoms with Gasteiger partial charge in [-0.15, -0.1) is 11.8 Å². The Hall–Kier alpha value is -2.28. The van der Waals surface area contributed by atoms with Crippen LogP contribution < -0.4 is 14.8 Å². The molecule has 1 N–H and O–H groups in total. The summed E-state index contributed by atoms with van der Waals surface area (Å²) >= 11 is 1.14. The monoisotopic (exact) mass is 337 g/mol. The van der Waals surface area contributed by atoms with Gasteiger partial charge in [-0.25, -0.2) is 8.78 Å². The van der Waals surface area contributed by atoms with Gasteiger partial charge >= 0.3 is 0 Å². The molecule has 1 aliphatic heterocycles. The Kier molecular flexibility index (Phi) is 4.66. The second-order valence-electron chi connectivity index (χ2n) is 4.83. The summed E-state index contributed by atoms with van der Waals surface area (Å²) in [5, 5.41) is 2.76. The van der Waals surface area contributed by atoms with Gasteiger partial charge in [0.25, 0.3) is 0 Å². The number of hydrogen-bond acceptors (Lipinski definition) is 4. The first-order valence-electron chi connectivity index (χ1n) is 6.85. The molecular formula is C16H13F2NO3S. The predicted molar refractivity (Wildman–Crippen MR) is 81.5 cm³/mol. The highest BCUT2D eigenvalue weighted by Gasteiger charge is 2.13. The molecule has 3 rings (SSSR count). The Balaban J connectivity index is 1.48. The van der Waals surface area contributed by atoms with E-state index in [4.69, 9.17) is 9.47 Å². The topological polar surface area (TPSA) is 47.6 Å². The molecule has 1 heterocycles. The van der Waals surface area contributed by atoms with Gasteiger partial charge in [0.05, 0.1) is 5.75 Å².